The van der Waals surface area contributed by atoms with E-state index in [1.807, 2.05) is 0 Å². The minimum atomic E-state index is 0.132. The Morgan fingerprint density at radius 1 is 1.38 bits per heavy atom. The molecule has 4 heteroatoms. The van der Waals surface area contributed by atoms with Crippen molar-refractivity contribution in [3.8, 4) is 0 Å². The quantitative estimate of drug-likeness (QED) is 0.831. The predicted molar refractivity (Wildman–Crippen MR) is 68.8 cm³/mol. The van der Waals surface area contributed by atoms with Crippen molar-refractivity contribution < 1.29 is 0 Å². The summed E-state index contributed by atoms with van der Waals surface area (Å²) < 4.78 is 0. The van der Waals surface area contributed by atoms with E-state index in [1.165, 1.54) is 32.1 Å². The van der Waals surface area contributed by atoms with Crippen molar-refractivity contribution in [3.63, 3.8) is 0 Å². The molecule has 1 aliphatic rings. The third-order valence-corrected chi connectivity index (χ3v) is 3.47. The smallest absolute Gasteiger partial charge is 0.149 e. The van der Waals surface area contributed by atoms with Gasteiger partial charge in [-0.15, -0.1) is 0 Å². The van der Waals surface area contributed by atoms with E-state index in [9.17, 15) is 0 Å². The predicted octanol–water partition coefficient (Wildman–Crippen LogP) is 3.45. The van der Waals surface area contributed by atoms with Crippen LogP contribution in [0.2, 0.25) is 5.02 Å². The van der Waals surface area contributed by atoms with Crippen molar-refractivity contribution in [2.75, 3.05) is 11.1 Å². The summed E-state index contributed by atoms with van der Waals surface area (Å²) in [4.78, 5) is 4.25. The van der Waals surface area contributed by atoms with Gasteiger partial charge in [0, 0.05) is 11.7 Å². The Balaban J connectivity index is 2.13. The average Bonchev–Trinajstić information content (AvgIpc) is 2.23. The number of nitrogens with zero attached hydrogens (tertiary/aromatic N) is 1. The molecule has 88 valence electrons. The van der Waals surface area contributed by atoms with Crippen molar-refractivity contribution in [2.45, 2.75) is 44.6 Å². The summed E-state index contributed by atoms with van der Waals surface area (Å²) in [6.45, 7) is 2.24. The summed E-state index contributed by atoms with van der Waals surface area (Å²) in [7, 11) is 0. The zero-order valence-corrected chi connectivity index (χ0v) is 10.3. The topological polar surface area (TPSA) is 50.9 Å². The largest absolute Gasteiger partial charge is 0.396 e. The van der Waals surface area contributed by atoms with Crippen LogP contribution < -0.4 is 11.1 Å². The van der Waals surface area contributed by atoms with Crippen LogP contribution in [0.3, 0.4) is 0 Å². The van der Waals surface area contributed by atoms with E-state index in [4.69, 9.17) is 17.3 Å². The van der Waals surface area contributed by atoms with Crippen LogP contribution in [-0.2, 0) is 0 Å². The fourth-order valence-electron chi connectivity index (χ4n) is 2.30. The molecule has 16 heavy (non-hydrogen) atoms. The number of pyridine rings is 1. The second-order valence-electron chi connectivity index (χ2n) is 4.84. The number of aromatic nitrogens is 1. The highest BCUT2D eigenvalue weighted by Gasteiger charge is 2.27. The molecule has 0 saturated heterocycles. The van der Waals surface area contributed by atoms with Gasteiger partial charge in [0.2, 0.25) is 0 Å². The number of halogens is 1. The third-order valence-electron chi connectivity index (χ3n) is 3.26. The standard InChI is InChI=1S/C12H18ClN3/c1-12(5-3-2-4-6-12)16-11-10(14)7-9(13)8-15-11/h7-8H,2-6,14H2,1H3,(H,15,16). The van der Waals surface area contributed by atoms with Gasteiger partial charge in [-0.1, -0.05) is 30.9 Å². The van der Waals surface area contributed by atoms with Gasteiger partial charge in [0.25, 0.3) is 0 Å². The van der Waals surface area contributed by atoms with E-state index in [-0.39, 0.29) is 5.54 Å². The van der Waals surface area contributed by atoms with E-state index >= 15 is 0 Å². The first kappa shape index (κ1) is 11.5. The Morgan fingerprint density at radius 3 is 2.69 bits per heavy atom. The molecule has 0 atom stereocenters. The van der Waals surface area contributed by atoms with Gasteiger partial charge >= 0.3 is 0 Å². The highest BCUT2D eigenvalue weighted by Crippen LogP contribution is 2.32. The number of nitrogens with two attached hydrogens (primary N) is 1. The summed E-state index contributed by atoms with van der Waals surface area (Å²) in [6, 6.07) is 1.74. The van der Waals surface area contributed by atoms with Crippen LogP contribution >= 0.6 is 11.6 Å². The van der Waals surface area contributed by atoms with Crippen molar-refractivity contribution in [1.82, 2.24) is 4.98 Å². The van der Waals surface area contributed by atoms with E-state index < -0.39 is 0 Å². The highest BCUT2D eigenvalue weighted by molar-refractivity contribution is 6.30. The molecule has 0 amide bonds. The number of anilines is 2. The second kappa shape index (κ2) is 4.50. The van der Waals surface area contributed by atoms with Gasteiger partial charge < -0.3 is 11.1 Å². The van der Waals surface area contributed by atoms with Gasteiger partial charge in [0.1, 0.15) is 5.82 Å². The molecule has 0 unspecified atom stereocenters. The fourth-order valence-corrected chi connectivity index (χ4v) is 2.47. The molecule has 1 fully saturated rings. The van der Waals surface area contributed by atoms with Gasteiger partial charge in [-0.25, -0.2) is 4.98 Å². The average molecular weight is 240 g/mol. The number of nitrogens with one attached hydrogen (secondary N) is 1. The number of hydrogen-bond donors (Lipinski definition) is 2. The molecule has 2 rings (SSSR count). The SMILES string of the molecule is CC1(Nc2ncc(Cl)cc2N)CCCCC1. The van der Waals surface area contributed by atoms with Crippen LogP contribution in [0, 0.1) is 0 Å². The van der Waals surface area contributed by atoms with E-state index in [0.717, 1.165) is 5.82 Å². The minimum Gasteiger partial charge on any atom is -0.396 e. The first-order chi connectivity index (χ1) is 7.59. The molecule has 0 aromatic carbocycles. The minimum absolute atomic E-state index is 0.132. The molecular weight excluding hydrogens is 222 g/mol. The third kappa shape index (κ3) is 2.59. The fraction of sp³-hybridized carbons (Fsp3) is 0.583. The molecule has 1 saturated carbocycles. The maximum atomic E-state index is 5.89. The van der Waals surface area contributed by atoms with Crippen molar-refractivity contribution >= 4 is 23.1 Å². The van der Waals surface area contributed by atoms with Crippen molar-refractivity contribution in [1.29, 1.82) is 0 Å². The monoisotopic (exact) mass is 239 g/mol. The molecule has 1 aromatic heterocycles. The zero-order valence-electron chi connectivity index (χ0n) is 9.59. The first-order valence-electron chi connectivity index (χ1n) is 5.78. The van der Waals surface area contributed by atoms with Crippen molar-refractivity contribution in [3.05, 3.63) is 17.3 Å². The Bertz CT molecular complexity index is 373. The summed E-state index contributed by atoms with van der Waals surface area (Å²) >= 11 is 5.82. The number of rotatable bonds is 2. The lowest BCUT2D eigenvalue weighted by Gasteiger charge is -2.35. The van der Waals surface area contributed by atoms with Gasteiger partial charge in [-0.2, -0.15) is 0 Å². The maximum absolute atomic E-state index is 5.89. The normalized spacial score (nSPS) is 19.4. The molecule has 3 N–H and O–H groups in total. The summed E-state index contributed by atoms with van der Waals surface area (Å²) in [5.41, 5.74) is 6.64. The lowest BCUT2D eigenvalue weighted by molar-refractivity contribution is 0.348. The van der Waals surface area contributed by atoms with Crippen LogP contribution in [0.4, 0.5) is 11.5 Å². The van der Waals surface area contributed by atoms with Gasteiger partial charge in [0.05, 0.1) is 10.7 Å². The lowest BCUT2D eigenvalue weighted by Crippen LogP contribution is -2.37. The molecule has 0 radical (unpaired) electrons. The summed E-state index contributed by atoms with van der Waals surface area (Å²) in [5.74, 6) is 0.758. The molecule has 0 bridgehead atoms. The Morgan fingerprint density at radius 2 is 2.06 bits per heavy atom. The van der Waals surface area contributed by atoms with E-state index in [1.54, 1.807) is 12.3 Å². The molecule has 0 aliphatic heterocycles. The van der Waals surface area contributed by atoms with Crippen LogP contribution in [0.1, 0.15) is 39.0 Å². The molecule has 1 aliphatic carbocycles. The van der Waals surface area contributed by atoms with Crippen LogP contribution in [0.25, 0.3) is 0 Å². The molecule has 1 heterocycles. The van der Waals surface area contributed by atoms with Crippen LogP contribution in [-0.4, -0.2) is 10.5 Å². The van der Waals surface area contributed by atoms with E-state index in [2.05, 4.69) is 17.2 Å². The number of nitrogen functional groups attached to an aromatic ring is 1. The van der Waals surface area contributed by atoms with Gasteiger partial charge in [-0.05, 0) is 25.8 Å². The van der Waals surface area contributed by atoms with E-state index in [0.29, 0.717) is 10.7 Å². The van der Waals surface area contributed by atoms with Crippen LogP contribution in [0.5, 0.6) is 0 Å². The number of hydrogen-bond acceptors (Lipinski definition) is 3. The molecule has 1 aromatic rings. The summed E-state index contributed by atoms with van der Waals surface area (Å²) in [5, 5.41) is 4.04. The Labute approximate surface area is 101 Å². The molecule has 0 spiro atoms. The van der Waals surface area contributed by atoms with Crippen LogP contribution in [0.15, 0.2) is 12.3 Å². The molecule has 3 nitrogen and oxygen atoms in total. The summed E-state index contributed by atoms with van der Waals surface area (Å²) in [6.07, 6.45) is 7.87. The molecular formula is C12H18ClN3. The van der Waals surface area contributed by atoms with Gasteiger partial charge in [-0.3, -0.25) is 0 Å². The lowest BCUT2D eigenvalue weighted by atomic mass is 9.83. The highest BCUT2D eigenvalue weighted by atomic mass is 35.5. The Kier molecular flexibility index (Phi) is 3.24. The first-order valence-corrected chi connectivity index (χ1v) is 6.16. The van der Waals surface area contributed by atoms with Gasteiger partial charge in [0.15, 0.2) is 0 Å². The maximum Gasteiger partial charge on any atom is 0.149 e. The van der Waals surface area contributed by atoms with Crippen molar-refractivity contribution in [2.24, 2.45) is 0 Å². The Hall–Kier alpha value is -0.960. The zero-order chi connectivity index (χ0) is 11.6. The second-order valence-corrected chi connectivity index (χ2v) is 5.27.